The molecular weight excluding hydrogens is 438 g/mol. The van der Waals surface area contributed by atoms with Gasteiger partial charge in [0.1, 0.15) is 5.75 Å². The van der Waals surface area contributed by atoms with Gasteiger partial charge in [0.25, 0.3) is 5.91 Å². The highest BCUT2D eigenvalue weighted by atomic mass is 35.5. The monoisotopic (exact) mass is 457 g/mol. The zero-order valence-corrected chi connectivity index (χ0v) is 18.6. The molecule has 2 aromatic heterocycles. The van der Waals surface area contributed by atoms with Crippen molar-refractivity contribution in [1.29, 1.82) is 0 Å². The van der Waals surface area contributed by atoms with Crippen molar-refractivity contribution in [2.45, 2.75) is 13.5 Å². The van der Waals surface area contributed by atoms with Crippen molar-refractivity contribution in [3.63, 3.8) is 0 Å². The van der Waals surface area contributed by atoms with Crippen molar-refractivity contribution in [1.82, 2.24) is 19.8 Å². The quantitative estimate of drug-likeness (QED) is 0.364. The first kappa shape index (κ1) is 20.9. The molecule has 7 nitrogen and oxygen atoms in total. The highest BCUT2D eigenvalue weighted by Gasteiger charge is 2.21. The predicted molar refractivity (Wildman–Crippen MR) is 128 cm³/mol. The predicted octanol–water partition coefficient (Wildman–Crippen LogP) is 4.85. The highest BCUT2D eigenvalue weighted by Crippen LogP contribution is 2.23. The van der Waals surface area contributed by atoms with Crippen LogP contribution in [0.15, 0.2) is 78.9 Å². The number of amides is 1. The summed E-state index contributed by atoms with van der Waals surface area (Å²) < 4.78 is 7.41. The Balaban J connectivity index is 1.47. The summed E-state index contributed by atoms with van der Waals surface area (Å²) in [6.45, 7) is 2.01. The van der Waals surface area contributed by atoms with Crippen LogP contribution in [0.1, 0.15) is 11.5 Å². The van der Waals surface area contributed by atoms with Crippen LogP contribution in [-0.4, -0.2) is 32.3 Å². The number of para-hydroxylation sites is 1. The van der Waals surface area contributed by atoms with E-state index >= 15 is 0 Å². The standard InChI is InChI=1S/C25H20ClN5O2/c1-17-21-9-5-6-10-22(21)25-28-27-23(31(25)29-17)15-30(19-7-3-2-4-8-19)24(32)16-33-20-13-11-18(26)12-14-20/h2-14H,15-16H2,1H3. The number of ether oxygens (including phenoxy) is 1. The Labute approximate surface area is 195 Å². The second kappa shape index (κ2) is 8.88. The van der Waals surface area contributed by atoms with Crippen LogP contribution in [0.5, 0.6) is 5.75 Å². The van der Waals surface area contributed by atoms with Gasteiger partial charge in [0, 0.05) is 21.5 Å². The first-order valence-corrected chi connectivity index (χ1v) is 10.8. The number of aromatic nitrogens is 4. The van der Waals surface area contributed by atoms with Crippen molar-refractivity contribution >= 4 is 39.6 Å². The van der Waals surface area contributed by atoms with Gasteiger partial charge >= 0.3 is 0 Å². The van der Waals surface area contributed by atoms with Gasteiger partial charge in [0.15, 0.2) is 18.1 Å². The fourth-order valence-electron chi connectivity index (χ4n) is 3.71. The van der Waals surface area contributed by atoms with Crippen LogP contribution in [-0.2, 0) is 11.3 Å². The van der Waals surface area contributed by atoms with E-state index in [0.29, 0.717) is 22.2 Å². The maximum atomic E-state index is 13.2. The van der Waals surface area contributed by atoms with Crippen molar-refractivity contribution in [3.05, 3.63) is 95.4 Å². The van der Waals surface area contributed by atoms with Gasteiger partial charge in [-0.15, -0.1) is 10.2 Å². The van der Waals surface area contributed by atoms with E-state index in [0.717, 1.165) is 22.2 Å². The van der Waals surface area contributed by atoms with Crippen molar-refractivity contribution in [3.8, 4) is 5.75 Å². The van der Waals surface area contributed by atoms with Gasteiger partial charge in [-0.25, -0.2) is 0 Å². The van der Waals surface area contributed by atoms with Crippen LogP contribution < -0.4 is 9.64 Å². The Bertz CT molecular complexity index is 1430. The van der Waals surface area contributed by atoms with E-state index in [1.54, 1.807) is 33.7 Å². The van der Waals surface area contributed by atoms with Crippen molar-refractivity contribution in [2.24, 2.45) is 0 Å². The van der Waals surface area contributed by atoms with Crippen LogP contribution in [0, 0.1) is 6.92 Å². The Morgan fingerprint density at radius 1 is 0.939 bits per heavy atom. The third kappa shape index (κ3) is 4.23. The molecule has 5 aromatic rings. The molecule has 0 atom stereocenters. The van der Waals surface area contributed by atoms with Crippen LogP contribution in [0.25, 0.3) is 16.4 Å². The van der Waals surface area contributed by atoms with E-state index < -0.39 is 0 Å². The summed E-state index contributed by atoms with van der Waals surface area (Å²) in [6, 6.07) is 24.3. The fourth-order valence-corrected chi connectivity index (χ4v) is 3.83. The first-order chi connectivity index (χ1) is 16.1. The van der Waals surface area contributed by atoms with E-state index in [4.69, 9.17) is 16.3 Å². The molecule has 0 N–H and O–H groups in total. The minimum Gasteiger partial charge on any atom is -0.484 e. The van der Waals surface area contributed by atoms with Gasteiger partial charge in [-0.3, -0.25) is 4.79 Å². The minimum absolute atomic E-state index is 0.136. The molecule has 8 heteroatoms. The Morgan fingerprint density at radius 3 is 2.39 bits per heavy atom. The number of hydrogen-bond acceptors (Lipinski definition) is 5. The Morgan fingerprint density at radius 2 is 1.64 bits per heavy atom. The number of aryl methyl sites for hydroxylation is 1. The first-order valence-electron chi connectivity index (χ1n) is 10.4. The van der Waals surface area contributed by atoms with E-state index in [-0.39, 0.29) is 19.1 Å². The zero-order valence-electron chi connectivity index (χ0n) is 17.9. The molecule has 0 saturated carbocycles. The number of rotatable bonds is 6. The lowest BCUT2D eigenvalue weighted by Crippen LogP contribution is -2.35. The lowest BCUT2D eigenvalue weighted by atomic mass is 10.1. The molecule has 3 aromatic carbocycles. The summed E-state index contributed by atoms with van der Waals surface area (Å²) in [4.78, 5) is 14.8. The largest absolute Gasteiger partial charge is 0.484 e. The topological polar surface area (TPSA) is 72.6 Å². The molecule has 5 rings (SSSR count). The van der Waals surface area contributed by atoms with E-state index in [1.807, 2.05) is 61.5 Å². The summed E-state index contributed by atoms with van der Waals surface area (Å²) in [7, 11) is 0. The zero-order chi connectivity index (χ0) is 22.8. The summed E-state index contributed by atoms with van der Waals surface area (Å²) in [5.74, 6) is 0.908. The van der Waals surface area contributed by atoms with Crippen LogP contribution in [0.3, 0.4) is 0 Å². The van der Waals surface area contributed by atoms with Gasteiger partial charge < -0.3 is 9.64 Å². The van der Waals surface area contributed by atoms with E-state index in [1.165, 1.54) is 0 Å². The fraction of sp³-hybridized carbons (Fsp3) is 0.120. The van der Waals surface area contributed by atoms with Gasteiger partial charge in [0.05, 0.1) is 12.2 Å². The molecule has 0 aliphatic heterocycles. The number of halogens is 1. The van der Waals surface area contributed by atoms with Gasteiger partial charge in [-0.2, -0.15) is 9.61 Å². The Hall–Kier alpha value is -3.97. The number of nitrogens with zero attached hydrogens (tertiary/aromatic N) is 5. The molecule has 0 bridgehead atoms. The summed E-state index contributed by atoms with van der Waals surface area (Å²) in [6.07, 6.45) is 0. The van der Waals surface area contributed by atoms with Crippen molar-refractivity contribution in [2.75, 3.05) is 11.5 Å². The molecule has 0 fully saturated rings. The van der Waals surface area contributed by atoms with E-state index in [2.05, 4.69) is 15.3 Å². The third-order valence-electron chi connectivity index (χ3n) is 5.36. The smallest absolute Gasteiger partial charge is 0.265 e. The van der Waals surface area contributed by atoms with E-state index in [9.17, 15) is 4.79 Å². The molecule has 0 spiro atoms. The number of hydrogen-bond donors (Lipinski definition) is 0. The average Bonchev–Trinajstić information content (AvgIpc) is 3.25. The minimum atomic E-state index is -0.217. The van der Waals surface area contributed by atoms with Crippen LogP contribution in [0.4, 0.5) is 5.69 Å². The maximum Gasteiger partial charge on any atom is 0.265 e. The molecule has 0 saturated heterocycles. The van der Waals surface area contributed by atoms with Gasteiger partial charge in [-0.05, 0) is 43.3 Å². The summed E-state index contributed by atoms with van der Waals surface area (Å²) in [5.41, 5.74) is 2.25. The molecule has 33 heavy (non-hydrogen) atoms. The lowest BCUT2D eigenvalue weighted by molar-refractivity contribution is -0.120. The molecule has 164 valence electrons. The molecule has 0 radical (unpaired) electrons. The van der Waals surface area contributed by atoms with Crippen LogP contribution >= 0.6 is 11.6 Å². The molecule has 0 aliphatic carbocycles. The molecular formula is C25H20ClN5O2. The summed E-state index contributed by atoms with van der Waals surface area (Å²) >= 11 is 5.93. The summed E-state index contributed by atoms with van der Waals surface area (Å²) in [5, 5.41) is 16.0. The SMILES string of the molecule is Cc1nn2c(CN(C(=O)COc3ccc(Cl)cc3)c3ccccc3)nnc2c2ccccc12. The van der Waals surface area contributed by atoms with Crippen LogP contribution in [0.2, 0.25) is 5.02 Å². The molecule has 2 heterocycles. The molecule has 0 aliphatic rings. The second-order valence-electron chi connectivity index (χ2n) is 7.54. The second-order valence-corrected chi connectivity index (χ2v) is 7.98. The number of benzene rings is 3. The highest BCUT2D eigenvalue weighted by molar-refractivity contribution is 6.30. The van der Waals surface area contributed by atoms with Gasteiger partial charge in [0.2, 0.25) is 0 Å². The molecule has 1 amide bonds. The normalized spacial score (nSPS) is 11.1. The molecule has 0 unspecified atom stereocenters. The van der Waals surface area contributed by atoms with Gasteiger partial charge in [-0.1, -0.05) is 54.1 Å². The lowest BCUT2D eigenvalue weighted by Gasteiger charge is -2.22. The number of anilines is 1. The average molecular weight is 458 g/mol. The number of carbonyl (C=O) groups is 1. The number of fused-ring (bicyclic) bond motifs is 3. The maximum absolute atomic E-state index is 13.2. The third-order valence-corrected chi connectivity index (χ3v) is 5.61. The number of carbonyl (C=O) groups excluding carboxylic acids is 1. The Kier molecular flexibility index (Phi) is 5.62. The van der Waals surface area contributed by atoms with Crippen molar-refractivity contribution < 1.29 is 9.53 Å².